The van der Waals surface area contributed by atoms with Crippen molar-refractivity contribution in [2.45, 2.75) is 31.3 Å². The SMILES string of the molecule is O=c1c(-c2ccc(F)cc2F)ccc2n1CCCNC1CC21. The lowest BCUT2D eigenvalue weighted by molar-refractivity contribution is 0.522. The molecule has 1 N–H and O–H groups in total. The second kappa shape index (κ2) is 5.02. The van der Waals surface area contributed by atoms with Crippen LogP contribution in [-0.2, 0) is 6.54 Å². The van der Waals surface area contributed by atoms with Crippen LogP contribution >= 0.6 is 0 Å². The molecular formula is C17H16F2N2O. The van der Waals surface area contributed by atoms with Crippen LogP contribution in [0.2, 0.25) is 0 Å². The molecule has 1 aromatic carbocycles. The van der Waals surface area contributed by atoms with E-state index in [9.17, 15) is 13.6 Å². The van der Waals surface area contributed by atoms with Gasteiger partial charge in [-0.15, -0.1) is 0 Å². The molecular weight excluding hydrogens is 286 g/mol. The molecule has 1 fully saturated rings. The fraction of sp³-hybridized carbons (Fsp3) is 0.353. The van der Waals surface area contributed by atoms with Crippen molar-refractivity contribution in [2.75, 3.05) is 6.54 Å². The summed E-state index contributed by atoms with van der Waals surface area (Å²) in [4.78, 5) is 12.8. The van der Waals surface area contributed by atoms with Gasteiger partial charge < -0.3 is 9.88 Å². The second-order valence-corrected chi connectivity index (χ2v) is 6.01. The van der Waals surface area contributed by atoms with Gasteiger partial charge >= 0.3 is 0 Å². The van der Waals surface area contributed by atoms with Gasteiger partial charge in [-0.3, -0.25) is 4.79 Å². The second-order valence-electron chi connectivity index (χ2n) is 6.01. The van der Waals surface area contributed by atoms with Crippen LogP contribution in [0.3, 0.4) is 0 Å². The predicted octanol–water partition coefficient (Wildman–Crippen LogP) is 2.64. The highest BCUT2D eigenvalue weighted by molar-refractivity contribution is 5.63. The van der Waals surface area contributed by atoms with Crippen LogP contribution < -0.4 is 10.9 Å². The number of pyridine rings is 1. The molecule has 0 saturated heterocycles. The average molecular weight is 302 g/mol. The highest BCUT2D eigenvalue weighted by Crippen LogP contribution is 2.41. The third kappa shape index (κ3) is 2.16. The van der Waals surface area contributed by atoms with Gasteiger partial charge in [0.05, 0.1) is 5.56 Å². The van der Waals surface area contributed by atoms with E-state index in [-0.39, 0.29) is 11.1 Å². The molecule has 2 aromatic rings. The number of nitrogens with zero attached hydrogens (tertiary/aromatic N) is 1. The highest BCUT2D eigenvalue weighted by atomic mass is 19.1. The molecule has 0 spiro atoms. The number of fused-ring (bicyclic) bond motifs is 3. The molecule has 2 aliphatic rings. The van der Waals surface area contributed by atoms with Crippen LogP contribution in [0.4, 0.5) is 8.78 Å². The molecule has 0 bridgehead atoms. The maximum absolute atomic E-state index is 14.0. The Morgan fingerprint density at radius 3 is 2.77 bits per heavy atom. The smallest absolute Gasteiger partial charge is 0.258 e. The van der Waals surface area contributed by atoms with E-state index in [0.717, 1.165) is 31.1 Å². The first-order chi connectivity index (χ1) is 10.6. The summed E-state index contributed by atoms with van der Waals surface area (Å²) >= 11 is 0. The van der Waals surface area contributed by atoms with Crippen molar-refractivity contribution >= 4 is 0 Å². The summed E-state index contributed by atoms with van der Waals surface area (Å²) < 4.78 is 28.8. The Morgan fingerprint density at radius 1 is 1.14 bits per heavy atom. The Labute approximate surface area is 126 Å². The largest absolute Gasteiger partial charge is 0.313 e. The quantitative estimate of drug-likeness (QED) is 0.879. The van der Waals surface area contributed by atoms with Crippen LogP contribution in [0.5, 0.6) is 0 Å². The topological polar surface area (TPSA) is 34.0 Å². The Kier molecular flexibility index (Phi) is 3.11. The monoisotopic (exact) mass is 302 g/mol. The zero-order chi connectivity index (χ0) is 15.3. The van der Waals surface area contributed by atoms with Gasteiger partial charge in [0.2, 0.25) is 0 Å². The highest BCUT2D eigenvalue weighted by Gasteiger charge is 2.40. The molecule has 114 valence electrons. The third-order valence-electron chi connectivity index (χ3n) is 4.56. The molecule has 22 heavy (non-hydrogen) atoms. The molecule has 2 unspecified atom stereocenters. The normalized spacial score (nSPS) is 23.2. The molecule has 2 heterocycles. The first-order valence-corrected chi connectivity index (χ1v) is 7.57. The van der Waals surface area contributed by atoms with Crippen molar-refractivity contribution < 1.29 is 8.78 Å². The average Bonchev–Trinajstić information content (AvgIpc) is 3.21. The first kappa shape index (κ1) is 13.6. The summed E-state index contributed by atoms with van der Waals surface area (Å²) in [5.41, 5.74) is 1.30. The van der Waals surface area contributed by atoms with E-state index >= 15 is 0 Å². The number of benzene rings is 1. The lowest BCUT2D eigenvalue weighted by Crippen LogP contribution is -2.31. The number of hydrogen-bond donors (Lipinski definition) is 1. The fourth-order valence-corrected chi connectivity index (χ4v) is 3.33. The standard InChI is InChI=1S/C17H16F2N2O/c18-10-2-3-11(14(19)8-10)12-4-5-16-13-9-15(13)20-6-1-7-21(16)17(12)22/h2-5,8,13,15,20H,1,6-7,9H2. The number of aromatic nitrogens is 1. The number of rotatable bonds is 1. The van der Waals surface area contributed by atoms with Gasteiger partial charge in [0.15, 0.2) is 0 Å². The summed E-state index contributed by atoms with van der Waals surface area (Å²) in [5, 5.41) is 3.46. The van der Waals surface area contributed by atoms with Gasteiger partial charge in [0, 0.05) is 35.8 Å². The number of nitrogens with one attached hydrogen (secondary N) is 1. The van der Waals surface area contributed by atoms with Gasteiger partial charge in [0.25, 0.3) is 5.56 Å². The van der Waals surface area contributed by atoms with Crippen molar-refractivity contribution in [3.8, 4) is 11.1 Å². The van der Waals surface area contributed by atoms with Gasteiger partial charge in [-0.05, 0) is 43.7 Å². The molecule has 0 radical (unpaired) electrons. The van der Waals surface area contributed by atoms with Crippen molar-refractivity contribution in [1.29, 1.82) is 0 Å². The van der Waals surface area contributed by atoms with Crippen molar-refractivity contribution in [3.05, 3.63) is 58.0 Å². The van der Waals surface area contributed by atoms with Crippen LogP contribution in [-0.4, -0.2) is 17.2 Å². The maximum atomic E-state index is 14.0. The number of halogens is 2. The zero-order valence-electron chi connectivity index (χ0n) is 12.0. The van der Waals surface area contributed by atoms with E-state index in [0.29, 0.717) is 24.1 Å². The Bertz CT molecular complexity index is 800. The van der Waals surface area contributed by atoms with Gasteiger partial charge in [-0.1, -0.05) is 0 Å². The predicted molar refractivity (Wildman–Crippen MR) is 79.8 cm³/mol. The van der Waals surface area contributed by atoms with E-state index in [1.165, 1.54) is 12.1 Å². The minimum Gasteiger partial charge on any atom is -0.313 e. The van der Waals surface area contributed by atoms with Crippen molar-refractivity contribution in [3.63, 3.8) is 0 Å². The Hall–Kier alpha value is -2.01. The van der Waals surface area contributed by atoms with Gasteiger partial charge in [-0.25, -0.2) is 8.78 Å². The lowest BCUT2D eigenvalue weighted by atomic mass is 10.0. The van der Waals surface area contributed by atoms with Gasteiger partial charge in [0.1, 0.15) is 11.6 Å². The van der Waals surface area contributed by atoms with Crippen LogP contribution in [0.15, 0.2) is 35.1 Å². The molecule has 3 nitrogen and oxygen atoms in total. The molecule has 1 aliphatic carbocycles. The van der Waals surface area contributed by atoms with Crippen molar-refractivity contribution in [2.24, 2.45) is 0 Å². The first-order valence-electron chi connectivity index (χ1n) is 7.57. The summed E-state index contributed by atoms with van der Waals surface area (Å²) in [5.74, 6) is -0.964. The van der Waals surface area contributed by atoms with E-state index in [1.54, 1.807) is 10.6 Å². The third-order valence-corrected chi connectivity index (χ3v) is 4.56. The summed E-state index contributed by atoms with van der Waals surface area (Å²) in [6, 6.07) is 7.37. The van der Waals surface area contributed by atoms with Crippen LogP contribution in [0.25, 0.3) is 11.1 Å². The summed E-state index contributed by atoms with van der Waals surface area (Å²) in [7, 11) is 0. The molecule has 0 amide bonds. The van der Waals surface area contributed by atoms with E-state index in [2.05, 4.69) is 5.32 Å². The van der Waals surface area contributed by atoms with E-state index in [4.69, 9.17) is 0 Å². The molecule has 5 heteroatoms. The Balaban J connectivity index is 1.85. The minimum absolute atomic E-state index is 0.161. The fourth-order valence-electron chi connectivity index (χ4n) is 3.33. The van der Waals surface area contributed by atoms with Crippen LogP contribution in [0.1, 0.15) is 24.5 Å². The van der Waals surface area contributed by atoms with Crippen molar-refractivity contribution in [1.82, 2.24) is 9.88 Å². The summed E-state index contributed by atoms with van der Waals surface area (Å²) in [6.07, 6.45) is 1.91. The number of hydrogen-bond acceptors (Lipinski definition) is 2. The summed E-state index contributed by atoms with van der Waals surface area (Å²) in [6.45, 7) is 1.52. The zero-order valence-corrected chi connectivity index (χ0v) is 12.0. The maximum Gasteiger partial charge on any atom is 0.258 e. The molecule has 2 atom stereocenters. The van der Waals surface area contributed by atoms with Gasteiger partial charge in [-0.2, -0.15) is 0 Å². The van der Waals surface area contributed by atoms with E-state index < -0.39 is 11.6 Å². The molecule has 1 aromatic heterocycles. The molecule has 1 aliphatic heterocycles. The van der Waals surface area contributed by atoms with Crippen LogP contribution in [0, 0.1) is 11.6 Å². The van der Waals surface area contributed by atoms with E-state index in [1.807, 2.05) is 6.07 Å². The molecule has 4 rings (SSSR count). The Morgan fingerprint density at radius 2 is 1.95 bits per heavy atom. The minimum atomic E-state index is -0.700. The lowest BCUT2D eigenvalue weighted by Gasteiger charge is -2.18. The molecule has 1 saturated carbocycles.